The molecule has 0 spiro atoms. The summed E-state index contributed by atoms with van der Waals surface area (Å²) in [6.07, 6.45) is 0.0666. The van der Waals surface area contributed by atoms with Crippen LogP contribution >= 0.6 is 0 Å². The van der Waals surface area contributed by atoms with Crippen LogP contribution in [0, 0.1) is 0 Å². The Morgan fingerprint density at radius 1 is 0.962 bits per heavy atom. The molecule has 136 valence electrons. The lowest BCUT2D eigenvalue weighted by Crippen LogP contribution is -2.49. The molecule has 5 heteroatoms. The minimum Gasteiger partial charge on any atom is -0.484 e. The molecule has 5 nitrogen and oxygen atoms in total. The number of morpholine rings is 1. The molecule has 1 aliphatic rings. The second-order valence-corrected chi connectivity index (χ2v) is 6.56. The van der Waals surface area contributed by atoms with E-state index in [1.54, 1.807) is 41.3 Å². The maximum atomic E-state index is 12.4. The highest BCUT2D eigenvalue weighted by Crippen LogP contribution is 2.16. The summed E-state index contributed by atoms with van der Waals surface area (Å²) in [5, 5.41) is 0. The van der Waals surface area contributed by atoms with Gasteiger partial charge in [0.25, 0.3) is 5.91 Å². The fraction of sp³-hybridized carbons (Fsp3) is 0.333. The third-order valence-corrected chi connectivity index (χ3v) is 4.29. The summed E-state index contributed by atoms with van der Waals surface area (Å²) in [4.78, 5) is 26.5. The van der Waals surface area contributed by atoms with Crippen LogP contribution in [-0.2, 0) is 9.53 Å². The summed E-state index contributed by atoms with van der Waals surface area (Å²) in [7, 11) is 0. The van der Waals surface area contributed by atoms with Crippen LogP contribution in [0.15, 0.2) is 54.6 Å². The van der Waals surface area contributed by atoms with Crippen LogP contribution in [0.25, 0.3) is 0 Å². The molecular weight excluding hydrogens is 330 g/mol. The minimum atomic E-state index is -0.0589. The number of ketones is 1. The van der Waals surface area contributed by atoms with E-state index in [-0.39, 0.29) is 30.5 Å². The van der Waals surface area contributed by atoms with Crippen LogP contribution in [-0.4, -0.2) is 48.5 Å². The van der Waals surface area contributed by atoms with Crippen LogP contribution in [0.3, 0.4) is 0 Å². The van der Waals surface area contributed by atoms with Crippen LogP contribution in [0.4, 0.5) is 0 Å². The van der Waals surface area contributed by atoms with Gasteiger partial charge in [0.15, 0.2) is 12.4 Å². The Kier molecular flexibility index (Phi) is 5.68. The van der Waals surface area contributed by atoms with Gasteiger partial charge in [-0.3, -0.25) is 9.59 Å². The molecule has 0 aromatic heterocycles. The molecule has 2 aromatic rings. The number of amides is 1. The number of carbonyl (C=O) groups excluding carboxylic acids is 2. The van der Waals surface area contributed by atoms with Crippen molar-refractivity contribution in [3.8, 4) is 5.75 Å². The van der Waals surface area contributed by atoms with Gasteiger partial charge in [0, 0.05) is 24.2 Å². The van der Waals surface area contributed by atoms with Gasteiger partial charge in [-0.1, -0.05) is 30.3 Å². The van der Waals surface area contributed by atoms with Gasteiger partial charge >= 0.3 is 0 Å². The number of nitrogens with zero attached hydrogens (tertiary/aromatic N) is 1. The fourth-order valence-corrected chi connectivity index (χ4v) is 3.08. The van der Waals surface area contributed by atoms with Gasteiger partial charge in [0.05, 0.1) is 12.2 Å². The molecule has 0 saturated carbocycles. The summed E-state index contributed by atoms with van der Waals surface area (Å²) in [5.74, 6) is 0.471. The zero-order valence-electron chi connectivity index (χ0n) is 15.1. The van der Waals surface area contributed by atoms with E-state index in [1.165, 1.54) is 0 Å². The highest BCUT2D eigenvalue weighted by molar-refractivity contribution is 6.08. The molecule has 1 aliphatic heterocycles. The highest BCUT2D eigenvalue weighted by atomic mass is 16.5. The average molecular weight is 353 g/mol. The van der Waals surface area contributed by atoms with Gasteiger partial charge in [-0.05, 0) is 38.1 Å². The topological polar surface area (TPSA) is 55.8 Å². The van der Waals surface area contributed by atoms with Crippen molar-refractivity contribution in [2.45, 2.75) is 26.1 Å². The third-order valence-electron chi connectivity index (χ3n) is 4.29. The van der Waals surface area contributed by atoms with Crippen LogP contribution < -0.4 is 4.74 Å². The lowest BCUT2D eigenvalue weighted by Gasteiger charge is -2.35. The van der Waals surface area contributed by atoms with Gasteiger partial charge in [-0.25, -0.2) is 0 Å². The molecule has 1 saturated heterocycles. The van der Waals surface area contributed by atoms with Crippen molar-refractivity contribution < 1.29 is 19.1 Å². The zero-order valence-corrected chi connectivity index (χ0v) is 15.1. The molecule has 1 fully saturated rings. The summed E-state index contributed by atoms with van der Waals surface area (Å²) in [5.41, 5.74) is 1.23. The Hall–Kier alpha value is -2.66. The normalized spacial score (nSPS) is 19.8. The molecule has 2 aromatic carbocycles. The maximum Gasteiger partial charge on any atom is 0.260 e. The van der Waals surface area contributed by atoms with Crippen molar-refractivity contribution in [2.24, 2.45) is 0 Å². The van der Waals surface area contributed by atoms with Crippen molar-refractivity contribution in [3.63, 3.8) is 0 Å². The number of benzene rings is 2. The van der Waals surface area contributed by atoms with Crippen LogP contribution in [0.1, 0.15) is 29.8 Å². The second-order valence-electron chi connectivity index (χ2n) is 6.56. The van der Waals surface area contributed by atoms with Gasteiger partial charge in [-0.15, -0.1) is 0 Å². The first-order chi connectivity index (χ1) is 12.5. The molecule has 1 heterocycles. The van der Waals surface area contributed by atoms with E-state index in [1.807, 2.05) is 32.0 Å². The van der Waals surface area contributed by atoms with Gasteiger partial charge in [0.2, 0.25) is 0 Å². The van der Waals surface area contributed by atoms with Crippen molar-refractivity contribution >= 4 is 11.7 Å². The van der Waals surface area contributed by atoms with Gasteiger partial charge < -0.3 is 14.4 Å². The van der Waals surface area contributed by atoms with Crippen LogP contribution in [0.5, 0.6) is 5.75 Å². The molecule has 0 N–H and O–H groups in total. The average Bonchev–Trinajstić information content (AvgIpc) is 2.66. The monoisotopic (exact) mass is 353 g/mol. The first kappa shape index (κ1) is 18.1. The quantitative estimate of drug-likeness (QED) is 0.776. The number of carbonyl (C=O) groups is 2. The largest absolute Gasteiger partial charge is 0.484 e. The van der Waals surface area contributed by atoms with Gasteiger partial charge in [0.1, 0.15) is 5.75 Å². The van der Waals surface area contributed by atoms with Crippen molar-refractivity contribution in [1.82, 2.24) is 4.90 Å². The molecule has 0 radical (unpaired) electrons. The second kappa shape index (κ2) is 8.15. The Bertz CT molecular complexity index is 747. The molecule has 0 aliphatic carbocycles. The van der Waals surface area contributed by atoms with E-state index in [0.29, 0.717) is 30.0 Å². The fourth-order valence-electron chi connectivity index (χ4n) is 3.08. The third kappa shape index (κ3) is 4.49. The number of hydrogen-bond donors (Lipinski definition) is 0. The smallest absolute Gasteiger partial charge is 0.260 e. The van der Waals surface area contributed by atoms with E-state index in [4.69, 9.17) is 9.47 Å². The Labute approximate surface area is 153 Å². The molecule has 1 amide bonds. The van der Waals surface area contributed by atoms with Crippen molar-refractivity contribution in [3.05, 3.63) is 65.7 Å². The first-order valence-electron chi connectivity index (χ1n) is 8.79. The molecule has 0 bridgehead atoms. The summed E-state index contributed by atoms with van der Waals surface area (Å²) < 4.78 is 11.2. The zero-order chi connectivity index (χ0) is 18.5. The van der Waals surface area contributed by atoms with Crippen LogP contribution in [0.2, 0.25) is 0 Å². The summed E-state index contributed by atoms with van der Waals surface area (Å²) in [6.45, 7) is 5.05. The molecule has 3 rings (SSSR count). The van der Waals surface area contributed by atoms with E-state index >= 15 is 0 Å². The minimum absolute atomic E-state index is 0.0224. The Morgan fingerprint density at radius 3 is 2.15 bits per heavy atom. The van der Waals surface area contributed by atoms with E-state index in [9.17, 15) is 9.59 Å². The standard InChI is InChI=1S/C21H23NO4/c1-15-12-22(13-16(2)26-15)20(23)14-25-19-10-8-18(9-11-19)21(24)17-6-4-3-5-7-17/h3-11,15-16H,12-14H2,1-2H3/t15-,16-/m1/s1. The lowest BCUT2D eigenvalue weighted by atomic mass is 10.0. The van der Waals surface area contributed by atoms with Crippen molar-refractivity contribution in [1.29, 1.82) is 0 Å². The Morgan fingerprint density at radius 2 is 1.54 bits per heavy atom. The molecule has 0 unspecified atom stereocenters. The molecule has 2 atom stereocenters. The predicted molar refractivity (Wildman–Crippen MR) is 98.4 cm³/mol. The maximum absolute atomic E-state index is 12.4. The summed E-state index contributed by atoms with van der Waals surface area (Å²) in [6, 6.07) is 16.0. The number of rotatable bonds is 5. The van der Waals surface area contributed by atoms with Crippen molar-refractivity contribution in [2.75, 3.05) is 19.7 Å². The lowest BCUT2D eigenvalue weighted by molar-refractivity contribution is -0.145. The Balaban J connectivity index is 1.56. The van der Waals surface area contributed by atoms with E-state index in [2.05, 4.69) is 0 Å². The van der Waals surface area contributed by atoms with Gasteiger partial charge in [-0.2, -0.15) is 0 Å². The van der Waals surface area contributed by atoms with E-state index in [0.717, 1.165) is 0 Å². The highest BCUT2D eigenvalue weighted by Gasteiger charge is 2.25. The predicted octanol–water partition coefficient (Wildman–Crippen LogP) is 2.93. The number of hydrogen-bond acceptors (Lipinski definition) is 4. The number of ether oxygens (including phenoxy) is 2. The first-order valence-corrected chi connectivity index (χ1v) is 8.79. The molecular formula is C21H23NO4. The summed E-state index contributed by atoms with van der Waals surface area (Å²) >= 11 is 0. The van der Waals surface area contributed by atoms with E-state index < -0.39 is 0 Å². The molecule has 26 heavy (non-hydrogen) atoms. The SMILES string of the molecule is C[C@@H]1CN(C(=O)COc2ccc(C(=O)c3ccccc3)cc2)C[C@@H](C)O1.